The van der Waals surface area contributed by atoms with Crippen molar-refractivity contribution in [3.05, 3.63) is 60.1 Å². The summed E-state index contributed by atoms with van der Waals surface area (Å²) in [5.41, 5.74) is 4.92. The molecule has 0 aliphatic rings. The number of allylic oxidation sites excluding steroid dienone is 7. The lowest BCUT2D eigenvalue weighted by atomic mass is 10.4. The van der Waals surface area contributed by atoms with E-state index in [9.17, 15) is 4.79 Å². The highest BCUT2D eigenvalue weighted by Crippen LogP contribution is 1.80. The lowest BCUT2D eigenvalue weighted by molar-refractivity contribution is -0.131. The molecule has 0 bridgehead atoms. The molecule has 0 fully saturated rings. The van der Waals surface area contributed by atoms with Crippen molar-refractivity contribution in [3.63, 3.8) is 0 Å². The van der Waals surface area contributed by atoms with Crippen molar-refractivity contribution in [1.82, 2.24) is 0 Å². The summed E-state index contributed by atoms with van der Waals surface area (Å²) in [5, 5.41) is 8.20. The molecular formula is C12H12O2. The van der Waals surface area contributed by atoms with E-state index in [4.69, 9.17) is 5.11 Å². The summed E-state index contributed by atoms with van der Waals surface area (Å²) in [5.74, 6) is -1.03. The Labute approximate surface area is 83.6 Å². The molecule has 14 heavy (non-hydrogen) atoms. The van der Waals surface area contributed by atoms with Gasteiger partial charge in [0, 0.05) is 0 Å². The quantitative estimate of drug-likeness (QED) is 0.418. The molecule has 0 aliphatic carbocycles. The summed E-state index contributed by atoms with van der Waals surface area (Å²) in [4.78, 5) is 10.00. The van der Waals surface area contributed by atoms with E-state index in [0.717, 1.165) is 6.08 Å². The zero-order chi connectivity index (χ0) is 10.6. The van der Waals surface area contributed by atoms with E-state index < -0.39 is 5.97 Å². The maximum atomic E-state index is 10.00. The van der Waals surface area contributed by atoms with E-state index >= 15 is 0 Å². The highest BCUT2D eigenvalue weighted by molar-refractivity contribution is 5.79. The fraction of sp³-hybridized carbons (Fsp3) is 0.0833. The van der Waals surface area contributed by atoms with Crippen LogP contribution >= 0.6 is 0 Å². The minimum absolute atomic E-state index is 0.903. The molecule has 2 nitrogen and oxygen atoms in total. The van der Waals surface area contributed by atoms with E-state index in [1.165, 1.54) is 0 Å². The molecule has 0 radical (unpaired) electrons. The zero-order valence-corrected chi connectivity index (χ0v) is 7.97. The van der Waals surface area contributed by atoms with Gasteiger partial charge in [-0.2, -0.15) is 0 Å². The third-order valence-corrected chi connectivity index (χ3v) is 1.10. The van der Waals surface area contributed by atoms with Crippen molar-refractivity contribution in [1.29, 1.82) is 0 Å². The van der Waals surface area contributed by atoms with Gasteiger partial charge >= 0.3 is 5.97 Å². The second-order valence-electron chi connectivity index (χ2n) is 2.23. The molecule has 0 atom stereocenters. The van der Waals surface area contributed by atoms with Crippen LogP contribution in [0.4, 0.5) is 0 Å². The molecule has 0 saturated carbocycles. The second kappa shape index (κ2) is 9.08. The Balaban J connectivity index is 4.05. The van der Waals surface area contributed by atoms with E-state index in [-0.39, 0.29) is 0 Å². The predicted octanol–water partition coefficient (Wildman–Crippen LogP) is 2.63. The van der Waals surface area contributed by atoms with Gasteiger partial charge in [0.2, 0.25) is 0 Å². The van der Waals surface area contributed by atoms with Crippen LogP contribution in [0.2, 0.25) is 0 Å². The van der Waals surface area contributed by atoms with Crippen molar-refractivity contribution in [2.45, 2.75) is 6.92 Å². The van der Waals surface area contributed by atoms with Gasteiger partial charge in [0.1, 0.15) is 0 Å². The van der Waals surface area contributed by atoms with Crippen LogP contribution in [0.1, 0.15) is 6.92 Å². The van der Waals surface area contributed by atoms with Gasteiger partial charge < -0.3 is 5.11 Å². The van der Waals surface area contributed by atoms with Crippen LogP contribution < -0.4 is 0 Å². The van der Waals surface area contributed by atoms with E-state index in [1.54, 1.807) is 12.2 Å². The number of rotatable bonds is 4. The summed E-state index contributed by atoms with van der Waals surface area (Å²) in [6, 6.07) is 0. The SMILES string of the molecule is CC=CC=CC=CC=C=C=CC(=O)O. The summed E-state index contributed by atoms with van der Waals surface area (Å²) >= 11 is 0. The molecule has 0 aliphatic heterocycles. The standard InChI is InChI=1S/C12H12O2/c1-2-3-4-5-6-7-8-9-10-11-12(13)14/h2-8,11H,1H3,(H,13,14). The topological polar surface area (TPSA) is 37.3 Å². The molecule has 0 amide bonds. The first-order chi connectivity index (χ1) is 6.77. The molecule has 2 heteroatoms. The molecule has 0 aromatic rings. The first-order valence-corrected chi connectivity index (χ1v) is 4.12. The monoisotopic (exact) mass is 188 g/mol. The number of aliphatic carboxylic acids is 1. The average molecular weight is 188 g/mol. The summed E-state index contributed by atoms with van der Waals surface area (Å²) in [6.07, 6.45) is 13.6. The first kappa shape index (κ1) is 12.0. The maximum absolute atomic E-state index is 10.00. The maximum Gasteiger partial charge on any atom is 0.336 e. The fourth-order valence-electron chi connectivity index (χ4n) is 0.559. The Morgan fingerprint density at radius 1 is 1.07 bits per heavy atom. The fourth-order valence-corrected chi connectivity index (χ4v) is 0.559. The van der Waals surface area contributed by atoms with Crippen LogP contribution in [0.25, 0.3) is 0 Å². The van der Waals surface area contributed by atoms with Gasteiger partial charge in [-0.05, 0) is 13.0 Å². The minimum Gasteiger partial charge on any atom is -0.478 e. The average Bonchev–Trinajstić information content (AvgIpc) is 2.15. The molecular weight excluding hydrogens is 176 g/mol. The van der Waals surface area contributed by atoms with Crippen LogP contribution in [0.3, 0.4) is 0 Å². The molecule has 0 heterocycles. The van der Waals surface area contributed by atoms with Crippen LogP contribution in [-0.4, -0.2) is 11.1 Å². The Kier molecular flexibility index (Phi) is 7.78. The zero-order valence-electron chi connectivity index (χ0n) is 7.97. The lowest BCUT2D eigenvalue weighted by Gasteiger charge is -1.70. The molecule has 0 aromatic heterocycles. The van der Waals surface area contributed by atoms with Gasteiger partial charge in [0.15, 0.2) is 0 Å². The molecule has 72 valence electrons. The van der Waals surface area contributed by atoms with E-state index in [0.29, 0.717) is 0 Å². The van der Waals surface area contributed by atoms with Crippen molar-refractivity contribution in [2.24, 2.45) is 0 Å². The largest absolute Gasteiger partial charge is 0.478 e. The van der Waals surface area contributed by atoms with Crippen LogP contribution in [-0.2, 0) is 4.79 Å². The molecule has 1 N–H and O–H groups in total. The van der Waals surface area contributed by atoms with Gasteiger partial charge in [-0.15, -0.1) is 0 Å². The number of hydrogen-bond acceptors (Lipinski definition) is 1. The van der Waals surface area contributed by atoms with Gasteiger partial charge in [-0.3, -0.25) is 0 Å². The first-order valence-electron chi connectivity index (χ1n) is 4.12. The van der Waals surface area contributed by atoms with Crippen molar-refractivity contribution >= 4 is 5.97 Å². The molecule has 0 unspecified atom stereocenters. The Bertz CT molecular complexity index is 345. The normalized spacial score (nSPS) is 10.4. The summed E-state index contributed by atoms with van der Waals surface area (Å²) < 4.78 is 0. The molecule has 0 saturated heterocycles. The van der Waals surface area contributed by atoms with E-state index in [2.05, 4.69) is 11.5 Å². The second-order valence-corrected chi connectivity index (χ2v) is 2.23. The highest BCUT2D eigenvalue weighted by atomic mass is 16.4. The molecule has 0 spiro atoms. The van der Waals surface area contributed by atoms with Gasteiger partial charge in [-0.25, -0.2) is 4.79 Å². The minimum atomic E-state index is -1.03. The van der Waals surface area contributed by atoms with Crippen LogP contribution in [0.5, 0.6) is 0 Å². The summed E-state index contributed by atoms with van der Waals surface area (Å²) in [7, 11) is 0. The lowest BCUT2D eigenvalue weighted by Crippen LogP contribution is -1.82. The van der Waals surface area contributed by atoms with Gasteiger partial charge in [0.25, 0.3) is 0 Å². The van der Waals surface area contributed by atoms with Crippen LogP contribution in [0.15, 0.2) is 60.1 Å². The third-order valence-electron chi connectivity index (χ3n) is 1.10. The third kappa shape index (κ3) is 9.99. The van der Waals surface area contributed by atoms with Crippen LogP contribution in [0, 0.1) is 0 Å². The highest BCUT2D eigenvalue weighted by Gasteiger charge is 1.77. The van der Waals surface area contributed by atoms with E-state index in [1.807, 2.05) is 37.3 Å². The smallest absolute Gasteiger partial charge is 0.336 e. The Morgan fingerprint density at radius 3 is 2.36 bits per heavy atom. The summed E-state index contributed by atoms with van der Waals surface area (Å²) in [6.45, 7) is 1.94. The number of carboxylic acid groups (broad SMARTS) is 1. The molecule has 0 aromatic carbocycles. The van der Waals surface area contributed by atoms with Crippen molar-refractivity contribution in [3.8, 4) is 0 Å². The molecule has 0 rings (SSSR count). The number of carboxylic acids is 1. The Hall–Kier alpha value is -2.01. The predicted molar refractivity (Wildman–Crippen MR) is 56.9 cm³/mol. The van der Waals surface area contributed by atoms with Gasteiger partial charge in [0.05, 0.1) is 6.08 Å². The van der Waals surface area contributed by atoms with Crippen molar-refractivity contribution in [2.75, 3.05) is 0 Å². The van der Waals surface area contributed by atoms with Gasteiger partial charge in [-0.1, -0.05) is 47.9 Å². The Morgan fingerprint density at radius 2 is 1.71 bits per heavy atom. The number of hydrogen-bond donors (Lipinski definition) is 1. The van der Waals surface area contributed by atoms with Crippen molar-refractivity contribution < 1.29 is 9.90 Å². The number of carbonyl (C=O) groups is 1.